The SMILES string of the molecule is CC(C)C[C@H]1C(=O)N(CC(=O)N(C)CCc2ccccc2)Cc2cnnn21. The minimum atomic E-state index is -0.376. The van der Waals surface area contributed by atoms with Crippen LogP contribution >= 0.6 is 0 Å². The monoisotopic (exact) mass is 369 g/mol. The van der Waals surface area contributed by atoms with Crippen molar-refractivity contribution in [1.82, 2.24) is 24.8 Å². The third kappa shape index (κ3) is 4.53. The van der Waals surface area contributed by atoms with Gasteiger partial charge >= 0.3 is 0 Å². The van der Waals surface area contributed by atoms with Crippen molar-refractivity contribution in [2.24, 2.45) is 5.92 Å². The Labute approximate surface area is 160 Å². The van der Waals surface area contributed by atoms with Gasteiger partial charge in [0.15, 0.2) is 0 Å². The minimum Gasteiger partial charge on any atom is -0.344 e. The van der Waals surface area contributed by atoms with Crippen molar-refractivity contribution in [3.63, 3.8) is 0 Å². The first-order valence-electron chi connectivity index (χ1n) is 9.41. The molecule has 1 aromatic carbocycles. The largest absolute Gasteiger partial charge is 0.344 e. The van der Waals surface area contributed by atoms with E-state index in [1.807, 2.05) is 18.2 Å². The van der Waals surface area contributed by atoms with E-state index < -0.39 is 0 Å². The molecule has 7 heteroatoms. The van der Waals surface area contributed by atoms with Crippen molar-refractivity contribution in [2.45, 2.75) is 39.3 Å². The van der Waals surface area contributed by atoms with E-state index in [1.165, 1.54) is 5.56 Å². The number of hydrogen-bond acceptors (Lipinski definition) is 4. The molecule has 0 aliphatic carbocycles. The van der Waals surface area contributed by atoms with E-state index in [4.69, 9.17) is 0 Å². The van der Waals surface area contributed by atoms with Gasteiger partial charge in [-0.1, -0.05) is 49.4 Å². The van der Waals surface area contributed by atoms with Crippen LogP contribution in [0.4, 0.5) is 0 Å². The Kier molecular flexibility index (Phi) is 5.88. The average molecular weight is 369 g/mol. The van der Waals surface area contributed by atoms with Crippen LogP contribution in [-0.4, -0.2) is 56.7 Å². The van der Waals surface area contributed by atoms with Gasteiger partial charge in [-0.2, -0.15) is 0 Å². The lowest BCUT2D eigenvalue weighted by molar-refractivity contribution is -0.144. The summed E-state index contributed by atoms with van der Waals surface area (Å²) in [6.07, 6.45) is 3.16. The van der Waals surface area contributed by atoms with Crippen LogP contribution < -0.4 is 0 Å². The zero-order valence-corrected chi connectivity index (χ0v) is 16.2. The van der Waals surface area contributed by atoms with E-state index in [0.717, 1.165) is 12.1 Å². The third-order valence-electron chi connectivity index (χ3n) is 4.92. The average Bonchev–Trinajstić information content (AvgIpc) is 3.11. The topological polar surface area (TPSA) is 71.3 Å². The summed E-state index contributed by atoms with van der Waals surface area (Å²) < 4.78 is 1.71. The van der Waals surface area contributed by atoms with Crippen LogP contribution in [0.5, 0.6) is 0 Å². The molecule has 144 valence electrons. The van der Waals surface area contributed by atoms with Gasteiger partial charge in [-0.15, -0.1) is 5.10 Å². The molecule has 1 aliphatic rings. The fourth-order valence-electron chi connectivity index (χ4n) is 3.36. The van der Waals surface area contributed by atoms with Gasteiger partial charge in [0.05, 0.1) is 18.4 Å². The lowest BCUT2D eigenvalue weighted by Gasteiger charge is -2.34. The second-order valence-electron chi connectivity index (χ2n) is 7.56. The van der Waals surface area contributed by atoms with E-state index in [-0.39, 0.29) is 24.4 Å². The molecule has 1 aromatic heterocycles. The van der Waals surface area contributed by atoms with Crippen LogP contribution in [0, 0.1) is 5.92 Å². The zero-order chi connectivity index (χ0) is 19.4. The number of benzene rings is 1. The maximum atomic E-state index is 12.9. The molecule has 0 bridgehead atoms. The predicted molar refractivity (Wildman–Crippen MR) is 102 cm³/mol. The summed E-state index contributed by atoms with van der Waals surface area (Å²) in [5, 5.41) is 8.02. The number of fused-ring (bicyclic) bond motifs is 1. The molecular formula is C20H27N5O2. The molecule has 2 amide bonds. The van der Waals surface area contributed by atoms with Crippen molar-refractivity contribution in [1.29, 1.82) is 0 Å². The first-order valence-corrected chi connectivity index (χ1v) is 9.41. The van der Waals surface area contributed by atoms with Crippen LogP contribution in [0.25, 0.3) is 0 Å². The van der Waals surface area contributed by atoms with Crippen molar-refractivity contribution in [3.05, 3.63) is 47.8 Å². The van der Waals surface area contributed by atoms with Crippen LogP contribution in [0.2, 0.25) is 0 Å². The molecule has 27 heavy (non-hydrogen) atoms. The molecule has 0 radical (unpaired) electrons. The molecule has 0 spiro atoms. The Morgan fingerprint density at radius 2 is 2.04 bits per heavy atom. The van der Waals surface area contributed by atoms with Gasteiger partial charge in [0.25, 0.3) is 0 Å². The molecule has 1 atom stereocenters. The van der Waals surface area contributed by atoms with E-state index in [2.05, 4.69) is 36.3 Å². The molecule has 0 saturated carbocycles. The molecular weight excluding hydrogens is 342 g/mol. The van der Waals surface area contributed by atoms with Gasteiger partial charge < -0.3 is 9.80 Å². The zero-order valence-electron chi connectivity index (χ0n) is 16.2. The quantitative estimate of drug-likeness (QED) is 0.747. The molecule has 0 N–H and O–H groups in total. The van der Waals surface area contributed by atoms with E-state index in [0.29, 0.717) is 25.4 Å². The van der Waals surface area contributed by atoms with E-state index in [9.17, 15) is 9.59 Å². The molecule has 0 saturated heterocycles. The van der Waals surface area contributed by atoms with E-state index in [1.54, 1.807) is 27.7 Å². The van der Waals surface area contributed by atoms with Gasteiger partial charge in [-0.25, -0.2) is 4.68 Å². The van der Waals surface area contributed by atoms with Crippen molar-refractivity contribution in [3.8, 4) is 0 Å². The Hall–Kier alpha value is -2.70. The number of rotatable bonds is 7. The van der Waals surface area contributed by atoms with Gasteiger partial charge in [-0.05, 0) is 24.3 Å². The fraction of sp³-hybridized carbons (Fsp3) is 0.500. The van der Waals surface area contributed by atoms with Crippen LogP contribution in [0.15, 0.2) is 36.5 Å². The minimum absolute atomic E-state index is 0.0495. The normalized spacial score (nSPS) is 16.5. The maximum absolute atomic E-state index is 12.9. The first-order chi connectivity index (χ1) is 13.0. The standard InChI is InChI=1S/C20H27N5O2/c1-15(2)11-18-20(27)24(13-17-12-21-22-25(17)18)14-19(26)23(3)10-9-16-7-5-4-6-8-16/h4-8,12,15,18H,9-11,13-14H2,1-3H3/t18-/m0/s1. The highest BCUT2D eigenvalue weighted by molar-refractivity contribution is 5.87. The number of amides is 2. The Morgan fingerprint density at radius 3 is 2.74 bits per heavy atom. The summed E-state index contributed by atoms with van der Waals surface area (Å²) in [5.41, 5.74) is 2.07. The number of hydrogen-bond donors (Lipinski definition) is 0. The van der Waals surface area contributed by atoms with Crippen molar-refractivity contribution in [2.75, 3.05) is 20.1 Å². The van der Waals surface area contributed by atoms with E-state index >= 15 is 0 Å². The lowest BCUT2D eigenvalue weighted by atomic mass is 10.0. The smallest absolute Gasteiger partial charge is 0.248 e. The van der Waals surface area contributed by atoms with Gasteiger partial charge in [-0.3, -0.25) is 9.59 Å². The second-order valence-corrected chi connectivity index (χ2v) is 7.56. The summed E-state index contributed by atoms with van der Waals surface area (Å²) in [6, 6.07) is 9.70. The predicted octanol–water partition coefficient (Wildman–Crippen LogP) is 1.91. The summed E-state index contributed by atoms with van der Waals surface area (Å²) in [5.74, 6) is 0.246. The molecule has 0 unspecified atom stereocenters. The Balaban J connectivity index is 1.62. The molecule has 7 nitrogen and oxygen atoms in total. The molecule has 0 fully saturated rings. The van der Waals surface area contributed by atoms with Crippen LogP contribution in [0.3, 0.4) is 0 Å². The summed E-state index contributed by atoms with van der Waals surface area (Å²) in [4.78, 5) is 28.9. The highest BCUT2D eigenvalue weighted by Crippen LogP contribution is 2.26. The Morgan fingerprint density at radius 1 is 1.30 bits per heavy atom. The van der Waals surface area contributed by atoms with Gasteiger partial charge in [0.1, 0.15) is 12.6 Å². The van der Waals surface area contributed by atoms with Crippen LogP contribution in [-0.2, 0) is 22.6 Å². The second kappa shape index (κ2) is 8.33. The molecule has 3 rings (SSSR count). The Bertz CT molecular complexity index is 787. The number of aromatic nitrogens is 3. The number of carbonyl (C=O) groups is 2. The summed E-state index contributed by atoms with van der Waals surface area (Å²) in [7, 11) is 1.79. The lowest BCUT2D eigenvalue weighted by Crippen LogP contribution is -2.48. The first kappa shape index (κ1) is 19.1. The highest BCUT2D eigenvalue weighted by Gasteiger charge is 2.35. The van der Waals surface area contributed by atoms with Gasteiger partial charge in [0.2, 0.25) is 11.8 Å². The number of carbonyl (C=O) groups excluding carboxylic acids is 2. The number of nitrogens with zero attached hydrogens (tertiary/aromatic N) is 5. The van der Waals surface area contributed by atoms with Crippen molar-refractivity contribution >= 4 is 11.8 Å². The fourth-order valence-corrected chi connectivity index (χ4v) is 3.36. The summed E-state index contributed by atoms with van der Waals surface area (Å²) in [6.45, 7) is 5.24. The molecule has 1 aliphatic heterocycles. The van der Waals surface area contributed by atoms with Gasteiger partial charge in [0, 0.05) is 13.6 Å². The third-order valence-corrected chi connectivity index (χ3v) is 4.92. The van der Waals surface area contributed by atoms with Crippen LogP contribution in [0.1, 0.15) is 37.6 Å². The summed E-state index contributed by atoms with van der Waals surface area (Å²) >= 11 is 0. The maximum Gasteiger partial charge on any atom is 0.248 e. The number of likely N-dealkylation sites (N-methyl/N-ethyl adjacent to an activating group) is 1. The highest BCUT2D eigenvalue weighted by atomic mass is 16.2. The van der Waals surface area contributed by atoms with Crippen molar-refractivity contribution < 1.29 is 9.59 Å². The molecule has 2 heterocycles. The molecule has 2 aromatic rings.